The fourth-order valence-electron chi connectivity index (χ4n) is 5.97. The summed E-state index contributed by atoms with van der Waals surface area (Å²) in [6, 6.07) is 17.1. The van der Waals surface area contributed by atoms with Crippen LogP contribution in [0.25, 0.3) is 10.9 Å². The van der Waals surface area contributed by atoms with Gasteiger partial charge in [0.25, 0.3) is 0 Å². The molecule has 14 heteroatoms. The second-order valence-electron chi connectivity index (χ2n) is 11.9. The Kier molecular flexibility index (Phi) is 14.3. The molecule has 11 nitrogen and oxygen atoms in total. The van der Waals surface area contributed by atoms with Crippen molar-refractivity contribution in [3.63, 3.8) is 0 Å². The second-order valence-corrected chi connectivity index (χ2v) is 11.9. The average Bonchev–Trinajstić information content (AvgIpc) is 3.15. The van der Waals surface area contributed by atoms with Crippen LogP contribution in [0.15, 0.2) is 66.9 Å². The highest BCUT2D eigenvalue weighted by molar-refractivity contribution is 5.88. The molecule has 1 aromatic heterocycles. The maximum atomic E-state index is 14.1. The molecule has 2 aliphatic rings. The SMILES string of the molecule is CNC1CCN(c2ccc(Nc3cccc(Oc4ccnc5cc(OC)c(OC)cc45)c3)cc2C(F)(F)F)CC1.NC=O.O=CC1CCNCC1. The first-order chi connectivity index (χ1) is 24.6. The van der Waals surface area contributed by atoms with E-state index in [0.29, 0.717) is 64.9 Å². The lowest BCUT2D eigenvalue weighted by Gasteiger charge is -2.35. The molecule has 0 radical (unpaired) electrons. The van der Waals surface area contributed by atoms with Crippen LogP contribution in [-0.2, 0) is 15.8 Å². The second kappa shape index (κ2) is 18.8. The Morgan fingerprint density at radius 1 is 0.902 bits per heavy atom. The van der Waals surface area contributed by atoms with Gasteiger partial charge in [-0.2, -0.15) is 13.2 Å². The Bertz CT molecular complexity index is 1730. The van der Waals surface area contributed by atoms with Crippen LogP contribution < -0.4 is 40.8 Å². The van der Waals surface area contributed by atoms with Gasteiger partial charge in [-0.25, -0.2) is 0 Å². The van der Waals surface area contributed by atoms with Crippen LogP contribution in [0.4, 0.5) is 30.2 Å². The molecule has 0 atom stereocenters. The van der Waals surface area contributed by atoms with Gasteiger partial charge in [-0.1, -0.05) is 6.07 Å². The molecule has 0 spiro atoms. The molecule has 2 aliphatic heterocycles. The summed E-state index contributed by atoms with van der Waals surface area (Å²) in [4.78, 5) is 24.9. The summed E-state index contributed by atoms with van der Waals surface area (Å²) in [6.07, 6.45) is 2.13. The average molecular weight is 711 g/mol. The van der Waals surface area contributed by atoms with E-state index >= 15 is 0 Å². The molecule has 4 aromatic rings. The van der Waals surface area contributed by atoms with Crippen molar-refractivity contribution in [1.82, 2.24) is 15.6 Å². The van der Waals surface area contributed by atoms with Crippen molar-refractivity contribution in [1.29, 1.82) is 0 Å². The largest absolute Gasteiger partial charge is 0.493 e. The van der Waals surface area contributed by atoms with Crippen LogP contribution >= 0.6 is 0 Å². The van der Waals surface area contributed by atoms with Gasteiger partial charge in [0.15, 0.2) is 11.5 Å². The molecule has 51 heavy (non-hydrogen) atoms. The summed E-state index contributed by atoms with van der Waals surface area (Å²) >= 11 is 0. The monoisotopic (exact) mass is 710 g/mol. The molecule has 3 aromatic carbocycles. The molecule has 6 rings (SSSR count). The Morgan fingerprint density at radius 3 is 2.18 bits per heavy atom. The summed E-state index contributed by atoms with van der Waals surface area (Å²) in [5.41, 5.74) is 5.32. The summed E-state index contributed by atoms with van der Waals surface area (Å²) in [7, 11) is 4.99. The Labute approximate surface area is 295 Å². The number of nitrogens with zero attached hydrogens (tertiary/aromatic N) is 2. The first-order valence-corrected chi connectivity index (χ1v) is 16.6. The molecular weight excluding hydrogens is 665 g/mol. The third-order valence-corrected chi connectivity index (χ3v) is 8.68. The van der Waals surface area contributed by atoms with E-state index in [9.17, 15) is 18.0 Å². The molecular formula is C37H45F3N6O5. The van der Waals surface area contributed by atoms with Crippen molar-refractivity contribution >= 4 is 40.7 Å². The highest BCUT2D eigenvalue weighted by atomic mass is 19.4. The van der Waals surface area contributed by atoms with E-state index < -0.39 is 11.7 Å². The molecule has 0 unspecified atom stereocenters. The van der Waals surface area contributed by atoms with Gasteiger partial charge in [0, 0.05) is 65.8 Å². The molecule has 1 amide bonds. The lowest BCUT2D eigenvalue weighted by molar-refractivity contribution is -0.137. The molecule has 2 fully saturated rings. The minimum Gasteiger partial charge on any atom is -0.493 e. The lowest BCUT2D eigenvalue weighted by atomic mass is 10.0. The van der Waals surface area contributed by atoms with Gasteiger partial charge in [-0.15, -0.1) is 0 Å². The first-order valence-electron chi connectivity index (χ1n) is 16.6. The number of nitrogens with one attached hydrogen (secondary N) is 3. The molecule has 0 aliphatic carbocycles. The van der Waals surface area contributed by atoms with Gasteiger partial charge >= 0.3 is 6.18 Å². The van der Waals surface area contributed by atoms with Gasteiger partial charge in [-0.3, -0.25) is 9.78 Å². The molecule has 3 heterocycles. The van der Waals surface area contributed by atoms with Crippen molar-refractivity contribution in [2.45, 2.75) is 37.9 Å². The Balaban J connectivity index is 0.000000457. The number of primary amides is 1. The number of amides is 1. The predicted octanol–water partition coefficient (Wildman–Crippen LogP) is 6.28. The van der Waals surface area contributed by atoms with Gasteiger partial charge in [0.2, 0.25) is 6.41 Å². The summed E-state index contributed by atoms with van der Waals surface area (Å²) in [5.74, 6) is 2.49. The number of benzene rings is 3. The minimum absolute atomic E-state index is 0.210. The Hall–Kier alpha value is -5.08. The van der Waals surface area contributed by atoms with Gasteiger partial charge < -0.3 is 45.6 Å². The predicted molar refractivity (Wildman–Crippen MR) is 192 cm³/mol. The van der Waals surface area contributed by atoms with Gasteiger partial charge in [0.05, 0.1) is 25.3 Å². The number of rotatable bonds is 9. The number of halogens is 3. The number of nitrogens with two attached hydrogens (primary N) is 1. The number of pyridine rings is 1. The number of anilines is 3. The van der Waals surface area contributed by atoms with Crippen molar-refractivity contribution < 1.29 is 37.0 Å². The number of alkyl halides is 3. The fourth-order valence-corrected chi connectivity index (χ4v) is 5.97. The number of aromatic nitrogens is 1. The van der Waals surface area contributed by atoms with E-state index in [1.807, 2.05) is 11.9 Å². The standard InChI is InChI=1S/C30H31F3N4O3.C6H11NO.CH3NO/c1-34-19-10-13-37(14-11-19)26-8-7-21(16-24(26)30(31,32)33)36-20-5-4-6-22(15-20)40-27-9-12-35-25-18-29(39-3)28(38-2)17-23(25)27;8-5-6-1-3-7-4-2-6;2-1-3/h4-9,12,15-19,34,36H,10-11,13-14H2,1-3H3;5-7H,1-4H2;1H,(H2,2,3). The molecule has 274 valence electrons. The third-order valence-electron chi connectivity index (χ3n) is 8.68. The van der Waals surface area contributed by atoms with E-state index in [1.54, 1.807) is 75.0 Å². The van der Waals surface area contributed by atoms with Gasteiger partial charge in [0.1, 0.15) is 17.8 Å². The van der Waals surface area contributed by atoms with Crippen LogP contribution in [-0.4, -0.2) is 71.2 Å². The van der Waals surface area contributed by atoms with E-state index in [4.69, 9.17) is 19.0 Å². The zero-order valence-corrected chi connectivity index (χ0v) is 29.0. The summed E-state index contributed by atoms with van der Waals surface area (Å²) in [5, 5.41) is 10.2. The van der Waals surface area contributed by atoms with Crippen molar-refractivity contribution in [3.05, 3.63) is 72.4 Å². The third kappa shape index (κ3) is 10.7. The number of piperidine rings is 2. The smallest absolute Gasteiger partial charge is 0.418 e. The lowest BCUT2D eigenvalue weighted by Crippen LogP contribution is -2.41. The van der Waals surface area contributed by atoms with Crippen LogP contribution in [0.2, 0.25) is 0 Å². The van der Waals surface area contributed by atoms with Crippen molar-refractivity contribution in [2.75, 3.05) is 57.7 Å². The van der Waals surface area contributed by atoms with E-state index in [2.05, 4.69) is 26.7 Å². The zero-order chi connectivity index (χ0) is 36.8. The van der Waals surface area contributed by atoms with Crippen LogP contribution in [0, 0.1) is 5.92 Å². The molecule has 5 N–H and O–H groups in total. The van der Waals surface area contributed by atoms with Gasteiger partial charge in [-0.05, 0) is 88.3 Å². The van der Waals surface area contributed by atoms with E-state index in [-0.39, 0.29) is 12.1 Å². The summed E-state index contributed by atoms with van der Waals surface area (Å²) < 4.78 is 59.2. The number of fused-ring (bicyclic) bond motifs is 1. The first kappa shape index (κ1) is 38.7. The zero-order valence-electron chi connectivity index (χ0n) is 29.0. The van der Waals surface area contributed by atoms with E-state index in [1.165, 1.54) is 6.07 Å². The minimum atomic E-state index is -4.48. The van der Waals surface area contributed by atoms with Crippen molar-refractivity contribution in [2.24, 2.45) is 11.7 Å². The van der Waals surface area contributed by atoms with Crippen LogP contribution in [0.1, 0.15) is 31.2 Å². The number of hydrogen-bond donors (Lipinski definition) is 4. The highest BCUT2D eigenvalue weighted by Crippen LogP contribution is 2.40. The quantitative estimate of drug-likeness (QED) is 0.147. The topological polar surface area (TPSA) is 140 Å². The number of ether oxygens (including phenoxy) is 3. The number of hydrogen-bond acceptors (Lipinski definition) is 10. The van der Waals surface area contributed by atoms with Crippen molar-refractivity contribution in [3.8, 4) is 23.0 Å². The number of carbonyl (C=O) groups is 2. The van der Waals surface area contributed by atoms with Crippen LogP contribution in [0.5, 0.6) is 23.0 Å². The fraction of sp³-hybridized carbons (Fsp3) is 0.378. The molecule has 0 bridgehead atoms. The number of aldehydes is 1. The number of carbonyl (C=O) groups excluding carboxylic acids is 2. The Morgan fingerprint density at radius 2 is 1.57 bits per heavy atom. The number of methoxy groups -OCH3 is 2. The molecule has 2 saturated heterocycles. The normalized spacial score (nSPS) is 15.1. The van der Waals surface area contributed by atoms with Crippen LogP contribution in [0.3, 0.4) is 0 Å². The van der Waals surface area contributed by atoms with E-state index in [0.717, 1.165) is 50.4 Å². The summed E-state index contributed by atoms with van der Waals surface area (Å²) in [6.45, 7) is 3.18. The molecule has 0 saturated carbocycles. The maximum Gasteiger partial charge on any atom is 0.418 e. The highest BCUT2D eigenvalue weighted by Gasteiger charge is 2.36. The maximum absolute atomic E-state index is 14.1.